The second-order valence-electron chi connectivity index (χ2n) is 4.31. The van der Waals surface area contributed by atoms with Gasteiger partial charge in [0.25, 0.3) is 0 Å². The van der Waals surface area contributed by atoms with Gasteiger partial charge in [-0.25, -0.2) is 0 Å². The smallest absolute Gasteiger partial charge is 0.320 e. The van der Waals surface area contributed by atoms with Crippen molar-refractivity contribution in [3.8, 4) is 0 Å². The molecule has 17 heavy (non-hydrogen) atoms. The van der Waals surface area contributed by atoms with E-state index in [2.05, 4.69) is 5.32 Å². The van der Waals surface area contributed by atoms with E-state index in [4.69, 9.17) is 4.74 Å². The highest BCUT2D eigenvalue weighted by Gasteiger charge is 2.13. The number of carbonyl (C=O) groups excluding carboxylic acids is 2. The minimum Gasteiger partial charge on any atom is -0.465 e. The van der Waals surface area contributed by atoms with Crippen molar-refractivity contribution in [2.75, 3.05) is 32.8 Å². The minimum absolute atomic E-state index is 0.0511. The van der Waals surface area contributed by atoms with Crippen molar-refractivity contribution < 1.29 is 14.3 Å². The molecule has 0 aromatic heterocycles. The maximum absolute atomic E-state index is 11.6. The zero-order valence-corrected chi connectivity index (χ0v) is 11.3. The summed E-state index contributed by atoms with van der Waals surface area (Å²) >= 11 is 0. The average Bonchev–Trinajstić information content (AvgIpc) is 2.25. The molecule has 0 atom stereocenters. The minimum atomic E-state index is -0.286. The fourth-order valence-corrected chi connectivity index (χ4v) is 1.25. The van der Waals surface area contributed by atoms with Crippen LogP contribution in [0, 0.1) is 5.92 Å². The summed E-state index contributed by atoms with van der Waals surface area (Å²) in [7, 11) is 0. The van der Waals surface area contributed by atoms with Crippen molar-refractivity contribution in [3.05, 3.63) is 0 Å². The van der Waals surface area contributed by atoms with E-state index >= 15 is 0 Å². The molecule has 0 spiro atoms. The van der Waals surface area contributed by atoms with E-state index in [9.17, 15) is 9.59 Å². The van der Waals surface area contributed by atoms with E-state index in [0.29, 0.717) is 25.6 Å². The summed E-state index contributed by atoms with van der Waals surface area (Å²) in [4.78, 5) is 24.6. The van der Waals surface area contributed by atoms with E-state index in [1.807, 2.05) is 20.8 Å². The first kappa shape index (κ1) is 15.9. The molecule has 100 valence electrons. The van der Waals surface area contributed by atoms with Crippen molar-refractivity contribution in [3.63, 3.8) is 0 Å². The Hall–Kier alpha value is -1.10. The Morgan fingerprint density at radius 1 is 1.24 bits per heavy atom. The third-order valence-corrected chi connectivity index (χ3v) is 2.18. The molecule has 0 aromatic rings. The average molecular weight is 244 g/mol. The highest BCUT2D eigenvalue weighted by Crippen LogP contribution is 1.92. The number of carbonyl (C=O) groups is 2. The van der Waals surface area contributed by atoms with Gasteiger partial charge in [0.1, 0.15) is 0 Å². The van der Waals surface area contributed by atoms with Crippen LogP contribution in [0.15, 0.2) is 0 Å². The van der Waals surface area contributed by atoms with Gasteiger partial charge in [-0.05, 0) is 19.4 Å². The summed E-state index contributed by atoms with van der Waals surface area (Å²) < 4.78 is 4.84. The van der Waals surface area contributed by atoms with Crippen LogP contribution >= 0.6 is 0 Å². The van der Waals surface area contributed by atoms with Crippen molar-refractivity contribution in [2.24, 2.45) is 5.92 Å². The molecule has 0 bridgehead atoms. The third-order valence-electron chi connectivity index (χ3n) is 2.18. The third kappa shape index (κ3) is 8.68. The Balaban J connectivity index is 3.95. The highest BCUT2D eigenvalue weighted by atomic mass is 16.5. The number of esters is 1. The largest absolute Gasteiger partial charge is 0.465 e. The number of likely N-dealkylation sites (N-methyl/N-ethyl adjacent to an activating group) is 1. The van der Waals surface area contributed by atoms with Crippen LogP contribution in [0.3, 0.4) is 0 Å². The lowest BCUT2D eigenvalue weighted by molar-refractivity contribution is -0.144. The molecule has 0 saturated carbocycles. The molecule has 1 N–H and O–H groups in total. The molecule has 0 rings (SSSR count). The van der Waals surface area contributed by atoms with Crippen molar-refractivity contribution in [1.29, 1.82) is 0 Å². The van der Waals surface area contributed by atoms with Crippen LogP contribution in [-0.2, 0) is 14.3 Å². The van der Waals surface area contributed by atoms with Crippen LogP contribution in [0.1, 0.15) is 27.7 Å². The monoisotopic (exact) mass is 244 g/mol. The van der Waals surface area contributed by atoms with Crippen LogP contribution in [0.25, 0.3) is 0 Å². The number of amides is 1. The topological polar surface area (TPSA) is 58.6 Å². The molecule has 0 aliphatic carbocycles. The molecule has 0 saturated heterocycles. The summed E-state index contributed by atoms with van der Waals surface area (Å²) in [6, 6.07) is 0. The predicted molar refractivity (Wildman–Crippen MR) is 66.6 cm³/mol. The van der Waals surface area contributed by atoms with Gasteiger partial charge in [0, 0.05) is 6.54 Å². The number of nitrogens with one attached hydrogen (secondary N) is 1. The molecule has 5 nitrogen and oxygen atoms in total. The quantitative estimate of drug-likeness (QED) is 0.637. The zero-order valence-electron chi connectivity index (χ0n) is 11.3. The second-order valence-corrected chi connectivity index (χ2v) is 4.31. The molecule has 5 heteroatoms. The van der Waals surface area contributed by atoms with Crippen molar-refractivity contribution in [2.45, 2.75) is 27.7 Å². The van der Waals surface area contributed by atoms with E-state index in [1.165, 1.54) is 0 Å². The first-order chi connectivity index (χ1) is 7.99. The molecule has 0 aliphatic rings. The fraction of sp³-hybridized carbons (Fsp3) is 0.833. The Morgan fingerprint density at radius 2 is 1.88 bits per heavy atom. The molecule has 0 radical (unpaired) electrons. The maximum atomic E-state index is 11.6. The van der Waals surface area contributed by atoms with Gasteiger partial charge >= 0.3 is 5.97 Å². The molecule has 0 unspecified atom stereocenters. The van der Waals surface area contributed by atoms with Gasteiger partial charge in [-0.15, -0.1) is 0 Å². The second kappa shape index (κ2) is 8.98. The molecule has 0 fully saturated rings. The molecule has 0 aromatic carbocycles. The number of hydrogen-bond acceptors (Lipinski definition) is 4. The molecule has 0 aliphatic heterocycles. The first-order valence-electron chi connectivity index (χ1n) is 6.14. The lowest BCUT2D eigenvalue weighted by Gasteiger charge is -2.19. The molecular weight excluding hydrogens is 220 g/mol. The Bertz CT molecular complexity index is 242. The Morgan fingerprint density at radius 3 is 2.35 bits per heavy atom. The van der Waals surface area contributed by atoms with Gasteiger partial charge in [0.2, 0.25) is 5.91 Å². The van der Waals surface area contributed by atoms with E-state index < -0.39 is 0 Å². The standard InChI is InChI=1S/C12H24N2O3/c1-5-14(9-12(16)17-6-2)8-11(15)13-7-10(3)4/h10H,5-9H2,1-4H3,(H,13,15). The summed E-state index contributed by atoms with van der Waals surface area (Å²) in [6.07, 6.45) is 0. The molecule has 0 heterocycles. The normalized spacial score (nSPS) is 10.7. The van der Waals surface area contributed by atoms with Gasteiger partial charge in [0.15, 0.2) is 0 Å². The van der Waals surface area contributed by atoms with Gasteiger partial charge in [-0.1, -0.05) is 20.8 Å². The van der Waals surface area contributed by atoms with E-state index in [1.54, 1.807) is 11.8 Å². The number of nitrogens with zero attached hydrogens (tertiary/aromatic N) is 1. The Kier molecular flexibility index (Phi) is 8.40. The van der Waals surface area contributed by atoms with E-state index in [-0.39, 0.29) is 25.0 Å². The summed E-state index contributed by atoms with van der Waals surface area (Å²) in [5, 5.41) is 2.82. The fourth-order valence-electron chi connectivity index (χ4n) is 1.25. The van der Waals surface area contributed by atoms with Crippen LogP contribution in [0.2, 0.25) is 0 Å². The van der Waals surface area contributed by atoms with Gasteiger partial charge in [-0.2, -0.15) is 0 Å². The van der Waals surface area contributed by atoms with Gasteiger partial charge in [0.05, 0.1) is 19.7 Å². The number of hydrogen-bond donors (Lipinski definition) is 1. The van der Waals surface area contributed by atoms with Crippen LogP contribution < -0.4 is 5.32 Å². The highest BCUT2D eigenvalue weighted by molar-refractivity contribution is 5.79. The first-order valence-corrected chi connectivity index (χ1v) is 6.14. The van der Waals surface area contributed by atoms with Crippen LogP contribution in [0.5, 0.6) is 0 Å². The Labute approximate surface area is 103 Å². The predicted octanol–water partition coefficient (Wildman–Crippen LogP) is 0.644. The summed E-state index contributed by atoms with van der Waals surface area (Å²) in [6.45, 7) is 9.84. The van der Waals surface area contributed by atoms with Crippen molar-refractivity contribution >= 4 is 11.9 Å². The number of rotatable bonds is 8. The zero-order chi connectivity index (χ0) is 13.3. The lowest BCUT2D eigenvalue weighted by Crippen LogP contribution is -2.41. The number of ether oxygens (including phenoxy) is 1. The van der Waals surface area contributed by atoms with Crippen LogP contribution in [0.4, 0.5) is 0 Å². The summed E-state index contributed by atoms with van der Waals surface area (Å²) in [5.41, 5.74) is 0. The van der Waals surface area contributed by atoms with Crippen LogP contribution in [-0.4, -0.2) is 49.6 Å². The van der Waals surface area contributed by atoms with E-state index in [0.717, 1.165) is 0 Å². The van der Waals surface area contributed by atoms with Crippen molar-refractivity contribution in [1.82, 2.24) is 10.2 Å². The lowest BCUT2D eigenvalue weighted by atomic mass is 10.2. The summed E-state index contributed by atoms with van der Waals surface area (Å²) in [5.74, 6) is 0.0925. The van der Waals surface area contributed by atoms with Gasteiger partial charge in [-0.3, -0.25) is 14.5 Å². The van der Waals surface area contributed by atoms with Gasteiger partial charge < -0.3 is 10.1 Å². The SMILES string of the molecule is CCOC(=O)CN(CC)CC(=O)NCC(C)C. The maximum Gasteiger partial charge on any atom is 0.320 e. The molecular formula is C12H24N2O3. The molecule has 1 amide bonds.